The molecule has 3 rings (SSSR count). The van der Waals surface area contributed by atoms with Crippen molar-refractivity contribution >= 4 is 52.3 Å². The number of nitrogens with zero attached hydrogens (tertiary/aromatic N) is 2. The molecule has 0 spiro atoms. The number of piperazine rings is 1. The number of hydrogen-bond donors (Lipinski definition) is 1. The van der Waals surface area contributed by atoms with E-state index in [0.717, 1.165) is 35.4 Å². The molecule has 2 heterocycles. The van der Waals surface area contributed by atoms with Crippen molar-refractivity contribution in [3.05, 3.63) is 29.3 Å². The largest absolute Gasteiger partial charge is 0.333 e. The number of carbonyl (C=O) groups is 1. The summed E-state index contributed by atoms with van der Waals surface area (Å²) in [6, 6.07) is 6.00. The molecule has 1 saturated heterocycles. The van der Waals surface area contributed by atoms with Crippen LogP contribution in [0.25, 0.3) is 10.2 Å². The standard InChI is InChI=1S/C13H15N3OS.2ClH/c1-9-7-14-4-5-16(9)13(17)10-2-3-11-12(6-10)18-8-15-11;;/h2-3,6,8-9,14H,4-5,7H2,1H3;2*1H/t9-;;/m0../s1. The summed E-state index contributed by atoms with van der Waals surface area (Å²) >= 11 is 1.57. The van der Waals surface area contributed by atoms with Crippen LogP contribution in [0, 0.1) is 0 Å². The van der Waals surface area contributed by atoms with Crippen LogP contribution in [0.2, 0.25) is 0 Å². The molecule has 0 bridgehead atoms. The van der Waals surface area contributed by atoms with Crippen molar-refractivity contribution in [3.63, 3.8) is 0 Å². The van der Waals surface area contributed by atoms with Gasteiger partial charge < -0.3 is 10.2 Å². The van der Waals surface area contributed by atoms with Crippen molar-refractivity contribution in [1.82, 2.24) is 15.2 Å². The summed E-state index contributed by atoms with van der Waals surface area (Å²) in [7, 11) is 0. The summed E-state index contributed by atoms with van der Waals surface area (Å²) in [5, 5.41) is 3.29. The minimum Gasteiger partial charge on any atom is -0.333 e. The second kappa shape index (κ2) is 7.22. The summed E-state index contributed by atoms with van der Waals surface area (Å²) in [6.45, 7) is 4.60. The molecular weight excluding hydrogens is 317 g/mol. The van der Waals surface area contributed by atoms with Crippen LogP contribution in [0.1, 0.15) is 17.3 Å². The fourth-order valence-corrected chi connectivity index (χ4v) is 3.01. The third-order valence-corrected chi connectivity index (χ3v) is 4.13. The molecule has 1 N–H and O–H groups in total. The number of thiazole rings is 1. The van der Waals surface area contributed by atoms with Crippen LogP contribution in [0.4, 0.5) is 0 Å². The number of amides is 1. The highest BCUT2D eigenvalue weighted by Gasteiger charge is 2.24. The van der Waals surface area contributed by atoms with Gasteiger partial charge in [0.15, 0.2) is 0 Å². The molecule has 0 saturated carbocycles. The topological polar surface area (TPSA) is 45.2 Å². The van der Waals surface area contributed by atoms with E-state index in [0.29, 0.717) is 0 Å². The van der Waals surface area contributed by atoms with Gasteiger partial charge in [0, 0.05) is 31.2 Å². The van der Waals surface area contributed by atoms with E-state index in [1.807, 2.05) is 28.6 Å². The maximum absolute atomic E-state index is 12.5. The third-order valence-electron chi connectivity index (χ3n) is 3.34. The third kappa shape index (κ3) is 3.23. The maximum Gasteiger partial charge on any atom is 0.254 e. The zero-order chi connectivity index (χ0) is 12.5. The smallest absolute Gasteiger partial charge is 0.254 e. The second-order valence-electron chi connectivity index (χ2n) is 4.59. The molecule has 1 fully saturated rings. The molecule has 1 aliphatic rings. The summed E-state index contributed by atoms with van der Waals surface area (Å²) in [5.74, 6) is 0.124. The van der Waals surface area contributed by atoms with Crippen LogP contribution >= 0.6 is 36.2 Å². The monoisotopic (exact) mass is 333 g/mol. The number of halogens is 2. The van der Waals surface area contributed by atoms with Gasteiger partial charge in [0.2, 0.25) is 0 Å². The predicted molar refractivity (Wildman–Crippen MR) is 87.5 cm³/mol. The van der Waals surface area contributed by atoms with Gasteiger partial charge in [-0.2, -0.15) is 0 Å². The Hall–Kier alpha value is -0.880. The first-order valence-electron chi connectivity index (χ1n) is 6.10. The SMILES string of the molecule is C[C@H]1CNCCN1C(=O)c1ccc2ncsc2c1.Cl.Cl. The number of benzene rings is 1. The van der Waals surface area contributed by atoms with E-state index < -0.39 is 0 Å². The Morgan fingerprint density at radius 2 is 2.25 bits per heavy atom. The molecule has 20 heavy (non-hydrogen) atoms. The van der Waals surface area contributed by atoms with Crippen LogP contribution in [0.3, 0.4) is 0 Å². The van der Waals surface area contributed by atoms with Crippen LogP contribution in [0.5, 0.6) is 0 Å². The maximum atomic E-state index is 12.5. The van der Waals surface area contributed by atoms with Crippen molar-refractivity contribution in [2.24, 2.45) is 0 Å². The number of nitrogens with one attached hydrogen (secondary N) is 1. The molecule has 1 amide bonds. The molecule has 1 atom stereocenters. The first-order chi connectivity index (χ1) is 8.75. The lowest BCUT2D eigenvalue weighted by Gasteiger charge is -2.34. The lowest BCUT2D eigenvalue weighted by atomic mass is 10.1. The first kappa shape index (κ1) is 17.2. The molecule has 4 nitrogen and oxygen atoms in total. The number of aromatic nitrogens is 1. The van der Waals surface area contributed by atoms with Crippen LogP contribution in [-0.4, -0.2) is 41.5 Å². The van der Waals surface area contributed by atoms with E-state index >= 15 is 0 Å². The Balaban J connectivity index is 0.000001000. The van der Waals surface area contributed by atoms with Gasteiger partial charge in [-0.25, -0.2) is 4.98 Å². The van der Waals surface area contributed by atoms with Gasteiger partial charge in [-0.3, -0.25) is 4.79 Å². The number of rotatable bonds is 1. The lowest BCUT2D eigenvalue weighted by molar-refractivity contribution is 0.0656. The zero-order valence-corrected chi connectivity index (χ0v) is 13.5. The molecule has 7 heteroatoms. The van der Waals surface area contributed by atoms with E-state index in [-0.39, 0.29) is 36.8 Å². The molecule has 0 radical (unpaired) electrons. The van der Waals surface area contributed by atoms with Gasteiger partial charge in [-0.15, -0.1) is 36.2 Å². The Kier molecular flexibility index (Phi) is 6.20. The first-order valence-corrected chi connectivity index (χ1v) is 6.98. The quantitative estimate of drug-likeness (QED) is 0.872. The number of carbonyl (C=O) groups excluding carboxylic acids is 1. The Bertz CT molecular complexity index is 590. The highest BCUT2D eigenvalue weighted by molar-refractivity contribution is 7.16. The summed E-state index contributed by atoms with van der Waals surface area (Å²) in [5.41, 5.74) is 3.54. The van der Waals surface area contributed by atoms with Gasteiger partial charge in [-0.05, 0) is 25.1 Å². The number of fused-ring (bicyclic) bond motifs is 1. The average molecular weight is 334 g/mol. The highest BCUT2D eigenvalue weighted by Crippen LogP contribution is 2.20. The Morgan fingerprint density at radius 3 is 3.00 bits per heavy atom. The molecule has 1 aliphatic heterocycles. The van der Waals surface area contributed by atoms with Crippen molar-refractivity contribution in [1.29, 1.82) is 0 Å². The van der Waals surface area contributed by atoms with Gasteiger partial charge in [0.05, 0.1) is 15.7 Å². The molecule has 1 aromatic carbocycles. The fourth-order valence-electron chi connectivity index (χ4n) is 2.30. The minimum absolute atomic E-state index is 0. The molecule has 0 unspecified atom stereocenters. The summed E-state index contributed by atoms with van der Waals surface area (Å²) in [6.07, 6.45) is 0. The molecule has 0 aliphatic carbocycles. The van der Waals surface area contributed by atoms with Gasteiger partial charge in [0.25, 0.3) is 5.91 Å². The van der Waals surface area contributed by atoms with Crippen LogP contribution in [-0.2, 0) is 0 Å². The zero-order valence-electron chi connectivity index (χ0n) is 11.0. The Labute approximate surface area is 134 Å². The Morgan fingerprint density at radius 1 is 1.45 bits per heavy atom. The normalized spacial score (nSPS) is 18.2. The van der Waals surface area contributed by atoms with Gasteiger partial charge in [0.1, 0.15) is 0 Å². The summed E-state index contributed by atoms with van der Waals surface area (Å²) in [4.78, 5) is 18.6. The predicted octanol–water partition coefficient (Wildman–Crippen LogP) is 2.57. The lowest BCUT2D eigenvalue weighted by Crippen LogP contribution is -2.52. The van der Waals surface area contributed by atoms with Crippen molar-refractivity contribution in [3.8, 4) is 0 Å². The van der Waals surface area contributed by atoms with Crippen LogP contribution in [0.15, 0.2) is 23.7 Å². The second-order valence-corrected chi connectivity index (χ2v) is 5.47. The van der Waals surface area contributed by atoms with Gasteiger partial charge in [-0.1, -0.05) is 0 Å². The molecule has 2 aromatic rings. The van der Waals surface area contributed by atoms with E-state index in [1.54, 1.807) is 11.3 Å². The van der Waals surface area contributed by atoms with E-state index in [1.165, 1.54) is 0 Å². The fraction of sp³-hybridized carbons (Fsp3) is 0.385. The summed E-state index contributed by atoms with van der Waals surface area (Å²) < 4.78 is 1.07. The molecule has 1 aromatic heterocycles. The average Bonchev–Trinajstić information content (AvgIpc) is 2.85. The highest BCUT2D eigenvalue weighted by atomic mass is 35.5. The van der Waals surface area contributed by atoms with E-state index in [9.17, 15) is 4.79 Å². The minimum atomic E-state index is 0. The molecule has 110 valence electrons. The van der Waals surface area contributed by atoms with Crippen LogP contribution < -0.4 is 5.32 Å². The van der Waals surface area contributed by atoms with E-state index in [4.69, 9.17) is 0 Å². The van der Waals surface area contributed by atoms with Crippen molar-refractivity contribution in [2.45, 2.75) is 13.0 Å². The van der Waals surface area contributed by atoms with E-state index in [2.05, 4.69) is 17.2 Å². The van der Waals surface area contributed by atoms with Crippen molar-refractivity contribution < 1.29 is 4.79 Å². The van der Waals surface area contributed by atoms with Gasteiger partial charge >= 0.3 is 0 Å². The number of hydrogen-bond acceptors (Lipinski definition) is 4. The molecular formula is C13H17Cl2N3OS. The van der Waals surface area contributed by atoms with Crippen molar-refractivity contribution in [2.75, 3.05) is 19.6 Å².